The van der Waals surface area contributed by atoms with Crippen LogP contribution in [0.25, 0.3) is 0 Å². The molecule has 1 fully saturated rings. The number of hydrogen-bond donors (Lipinski definition) is 1. The van der Waals surface area contributed by atoms with Gasteiger partial charge < -0.3 is 10.0 Å². The molecule has 1 amide bonds. The summed E-state index contributed by atoms with van der Waals surface area (Å²) in [5.41, 5.74) is 0.327. The van der Waals surface area contributed by atoms with Gasteiger partial charge in [0.15, 0.2) is 0 Å². The lowest BCUT2D eigenvalue weighted by molar-refractivity contribution is 0.0696. The number of carbonyl (C=O) groups is 2. The number of nitrogens with zero attached hydrogens (tertiary/aromatic N) is 2. The average Bonchev–Trinajstić information content (AvgIpc) is 2.93. The first-order valence-electron chi connectivity index (χ1n) is 6.08. The first kappa shape index (κ1) is 13.0. The lowest BCUT2D eigenvalue weighted by Crippen LogP contribution is -2.34. The maximum absolute atomic E-state index is 12.4. The quantitative estimate of drug-likeness (QED) is 0.910. The van der Waals surface area contributed by atoms with Gasteiger partial charge in [0.25, 0.3) is 5.91 Å². The molecule has 1 atom stereocenters. The van der Waals surface area contributed by atoms with E-state index in [1.165, 1.54) is 0 Å². The van der Waals surface area contributed by atoms with Gasteiger partial charge >= 0.3 is 5.97 Å². The second-order valence-electron chi connectivity index (χ2n) is 4.44. The molecule has 0 spiro atoms. The first-order chi connectivity index (χ1) is 8.54. The number of carboxylic acids is 1. The molecule has 1 aromatic heterocycles. The minimum atomic E-state index is -1.07. The molecule has 2 heterocycles. The van der Waals surface area contributed by atoms with Crippen LogP contribution in [0.2, 0.25) is 0 Å². The number of aryl methyl sites for hydroxylation is 1. The molecule has 1 aromatic rings. The Bertz CT molecular complexity index is 484. The summed E-state index contributed by atoms with van der Waals surface area (Å²) in [4.78, 5) is 29.8. The molecule has 1 aliphatic rings. The Balaban J connectivity index is 2.31. The third-order valence-electron chi connectivity index (χ3n) is 3.22. The Kier molecular flexibility index (Phi) is 3.65. The van der Waals surface area contributed by atoms with E-state index in [0.29, 0.717) is 12.1 Å². The Labute approximate surface area is 109 Å². The number of carboxylic acid groups (broad SMARTS) is 1. The largest absolute Gasteiger partial charge is 0.476 e. The van der Waals surface area contributed by atoms with Crippen molar-refractivity contribution < 1.29 is 14.7 Å². The fourth-order valence-corrected chi connectivity index (χ4v) is 3.05. The molecule has 6 heteroatoms. The minimum absolute atomic E-state index is 0.00190. The van der Waals surface area contributed by atoms with Gasteiger partial charge in [0, 0.05) is 17.5 Å². The molecule has 0 radical (unpaired) electrons. The fourth-order valence-electron chi connectivity index (χ4n) is 2.22. The van der Waals surface area contributed by atoms with Crippen LogP contribution in [0.5, 0.6) is 0 Å². The van der Waals surface area contributed by atoms with Crippen LogP contribution in [0.15, 0.2) is 0 Å². The SMILES string of the molecule is CCc1sc(C(=O)O)nc1C(=O)N1CCC[C@@H]1C. The third kappa shape index (κ3) is 2.25. The average molecular weight is 268 g/mol. The van der Waals surface area contributed by atoms with E-state index in [-0.39, 0.29) is 17.0 Å². The minimum Gasteiger partial charge on any atom is -0.476 e. The number of carbonyl (C=O) groups excluding carboxylic acids is 1. The van der Waals surface area contributed by atoms with Crippen molar-refractivity contribution in [1.29, 1.82) is 0 Å². The Morgan fingerprint density at radius 3 is 2.78 bits per heavy atom. The van der Waals surface area contributed by atoms with Crippen molar-refractivity contribution in [2.45, 2.75) is 39.2 Å². The van der Waals surface area contributed by atoms with Crippen LogP contribution in [-0.4, -0.2) is 39.5 Å². The summed E-state index contributed by atoms with van der Waals surface area (Å²) < 4.78 is 0. The van der Waals surface area contributed by atoms with Crippen molar-refractivity contribution in [1.82, 2.24) is 9.88 Å². The number of rotatable bonds is 3. The molecule has 0 saturated carbocycles. The number of aromatic carboxylic acids is 1. The van der Waals surface area contributed by atoms with Gasteiger partial charge in [0.05, 0.1) is 0 Å². The zero-order valence-corrected chi connectivity index (χ0v) is 11.3. The van der Waals surface area contributed by atoms with Gasteiger partial charge in [-0.25, -0.2) is 9.78 Å². The van der Waals surface area contributed by atoms with E-state index in [2.05, 4.69) is 4.98 Å². The van der Waals surface area contributed by atoms with Gasteiger partial charge in [-0.1, -0.05) is 6.92 Å². The van der Waals surface area contributed by atoms with Crippen LogP contribution < -0.4 is 0 Å². The number of thiazole rings is 1. The highest BCUT2D eigenvalue weighted by Gasteiger charge is 2.30. The predicted octanol–water partition coefficient (Wildman–Crippen LogP) is 2.03. The van der Waals surface area contributed by atoms with Crippen molar-refractivity contribution in [2.24, 2.45) is 0 Å². The molecule has 98 valence electrons. The van der Waals surface area contributed by atoms with Crippen LogP contribution in [-0.2, 0) is 6.42 Å². The summed E-state index contributed by atoms with van der Waals surface area (Å²) in [7, 11) is 0. The monoisotopic (exact) mass is 268 g/mol. The van der Waals surface area contributed by atoms with Crippen molar-refractivity contribution >= 4 is 23.2 Å². The summed E-state index contributed by atoms with van der Waals surface area (Å²) in [6, 6.07) is 0.220. The topological polar surface area (TPSA) is 70.5 Å². The van der Waals surface area contributed by atoms with E-state index in [0.717, 1.165) is 35.6 Å². The first-order valence-corrected chi connectivity index (χ1v) is 6.90. The lowest BCUT2D eigenvalue weighted by Gasteiger charge is -2.20. The van der Waals surface area contributed by atoms with E-state index >= 15 is 0 Å². The van der Waals surface area contributed by atoms with E-state index in [9.17, 15) is 9.59 Å². The summed E-state index contributed by atoms with van der Waals surface area (Å²) in [5.74, 6) is -1.19. The standard InChI is InChI=1S/C12H16N2O3S/c1-3-8-9(13-10(18-8)12(16)17)11(15)14-6-4-5-7(14)2/h7H,3-6H2,1-2H3,(H,16,17)/t7-/m0/s1. The molecule has 0 bridgehead atoms. The summed E-state index contributed by atoms with van der Waals surface area (Å²) in [6.45, 7) is 4.66. The number of amides is 1. The maximum atomic E-state index is 12.4. The predicted molar refractivity (Wildman–Crippen MR) is 68.2 cm³/mol. The zero-order chi connectivity index (χ0) is 13.3. The van der Waals surface area contributed by atoms with E-state index in [1.54, 1.807) is 4.90 Å². The summed E-state index contributed by atoms with van der Waals surface area (Å²) >= 11 is 1.10. The van der Waals surface area contributed by atoms with Gasteiger partial charge in [0.1, 0.15) is 5.69 Å². The second-order valence-corrected chi connectivity index (χ2v) is 5.52. The molecule has 0 aliphatic carbocycles. The van der Waals surface area contributed by atoms with Gasteiger partial charge in [-0.05, 0) is 26.2 Å². The zero-order valence-electron chi connectivity index (χ0n) is 10.5. The lowest BCUT2D eigenvalue weighted by atomic mass is 10.2. The molecular formula is C12H16N2O3S. The summed E-state index contributed by atoms with van der Waals surface area (Å²) in [5, 5.41) is 8.94. The molecule has 1 saturated heterocycles. The van der Waals surface area contributed by atoms with Crippen molar-refractivity contribution in [3.8, 4) is 0 Å². The number of aromatic nitrogens is 1. The highest BCUT2D eigenvalue weighted by atomic mass is 32.1. The maximum Gasteiger partial charge on any atom is 0.365 e. The number of hydrogen-bond acceptors (Lipinski definition) is 4. The molecule has 1 aliphatic heterocycles. The van der Waals surface area contributed by atoms with Gasteiger partial charge in [-0.15, -0.1) is 11.3 Å². The Hall–Kier alpha value is -1.43. The van der Waals surface area contributed by atoms with Crippen molar-refractivity contribution in [2.75, 3.05) is 6.54 Å². The normalized spacial score (nSPS) is 19.2. The molecule has 2 rings (SSSR count). The van der Waals surface area contributed by atoms with Crippen molar-refractivity contribution in [3.05, 3.63) is 15.6 Å². The molecule has 0 aromatic carbocycles. The van der Waals surface area contributed by atoms with E-state index < -0.39 is 5.97 Å². The third-order valence-corrected chi connectivity index (χ3v) is 4.41. The van der Waals surface area contributed by atoms with Crippen LogP contribution in [0.4, 0.5) is 0 Å². The molecule has 1 N–H and O–H groups in total. The van der Waals surface area contributed by atoms with E-state index in [4.69, 9.17) is 5.11 Å². The molecule has 0 unspecified atom stereocenters. The molecule has 5 nitrogen and oxygen atoms in total. The summed E-state index contributed by atoms with van der Waals surface area (Å²) in [6.07, 6.45) is 2.64. The van der Waals surface area contributed by atoms with Gasteiger partial charge in [-0.2, -0.15) is 0 Å². The van der Waals surface area contributed by atoms with Gasteiger partial charge in [0.2, 0.25) is 5.01 Å². The Morgan fingerprint density at radius 2 is 2.28 bits per heavy atom. The number of likely N-dealkylation sites (tertiary alicyclic amines) is 1. The van der Waals surface area contributed by atoms with Crippen LogP contribution in [0.3, 0.4) is 0 Å². The van der Waals surface area contributed by atoms with Crippen LogP contribution in [0.1, 0.15) is 51.9 Å². The fraction of sp³-hybridized carbons (Fsp3) is 0.583. The highest BCUT2D eigenvalue weighted by Crippen LogP contribution is 2.24. The molecule has 18 heavy (non-hydrogen) atoms. The van der Waals surface area contributed by atoms with Crippen molar-refractivity contribution in [3.63, 3.8) is 0 Å². The van der Waals surface area contributed by atoms with Gasteiger partial charge in [-0.3, -0.25) is 4.79 Å². The van der Waals surface area contributed by atoms with E-state index in [1.807, 2.05) is 13.8 Å². The molecular weight excluding hydrogens is 252 g/mol. The van der Waals surface area contributed by atoms with Crippen LogP contribution >= 0.6 is 11.3 Å². The second kappa shape index (κ2) is 5.06. The smallest absolute Gasteiger partial charge is 0.365 e. The highest BCUT2D eigenvalue weighted by molar-refractivity contribution is 7.13. The van der Waals surface area contributed by atoms with Crippen LogP contribution in [0, 0.1) is 0 Å². The Morgan fingerprint density at radius 1 is 1.56 bits per heavy atom.